The SMILES string of the molecule is CCC(=O)c1ccc(C2CC2)cc1. The lowest BCUT2D eigenvalue weighted by atomic mass is 10.0. The molecule has 1 nitrogen and oxygen atoms in total. The van der Waals surface area contributed by atoms with Crippen molar-refractivity contribution in [3.63, 3.8) is 0 Å². The molecule has 1 aromatic rings. The van der Waals surface area contributed by atoms with E-state index in [-0.39, 0.29) is 5.78 Å². The van der Waals surface area contributed by atoms with Crippen LogP contribution in [0.15, 0.2) is 24.3 Å². The molecule has 0 aromatic heterocycles. The standard InChI is InChI=1S/C12H14O/c1-2-12(13)11-7-5-10(6-8-11)9-3-4-9/h5-9H,2-4H2,1H3. The number of carbonyl (C=O) groups is 1. The molecule has 0 aliphatic heterocycles. The fourth-order valence-electron chi connectivity index (χ4n) is 1.56. The highest BCUT2D eigenvalue weighted by Crippen LogP contribution is 2.39. The van der Waals surface area contributed by atoms with Crippen LogP contribution in [0.1, 0.15) is 48.0 Å². The number of hydrogen-bond acceptors (Lipinski definition) is 1. The van der Waals surface area contributed by atoms with Crippen LogP contribution in [0.25, 0.3) is 0 Å². The third-order valence-corrected chi connectivity index (χ3v) is 2.60. The van der Waals surface area contributed by atoms with Gasteiger partial charge in [-0.05, 0) is 24.3 Å². The van der Waals surface area contributed by atoms with Crippen molar-refractivity contribution in [1.29, 1.82) is 0 Å². The Balaban J connectivity index is 2.17. The highest BCUT2D eigenvalue weighted by molar-refractivity contribution is 5.95. The van der Waals surface area contributed by atoms with Gasteiger partial charge in [0.05, 0.1) is 0 Å². The molecule has 0 bridgehead atoms. The molecule has 0 amide bonds. The molecule has 1 saturated carbocycles. The Morgan fingerprint density at radius 1 is 1.31 bits per heavy atom. The summed E-state index contributed by atoms with van der Waals surface area (Å²) in [6.45, 7) is 1.90. The van der Waals surface area contributed by atoms with Crippen molar-refractivity contribution >= 4 is 5.78 Å². The molecule has 13 heavy (non-hydrogen) atoms. The van der Waals surface area contributed by atoms with Crippen LogP contribution in [-0.2, 0) is 0 Å². The number of hydrogen-bond donors (Lipinski definition) is 0. The second kappa shape index (κ2) is 3.33. The fraction of sp³-hybridized carbons (Fsp3) is 0.417. The van der Waals surface area contributed by atoms with Gasteiger partial charge in [-0.3, -0.25) is 4.79 Å². The Morgan fingerprint density at radius 3 is 2.38 bits per heavy atom. The molecule has 1 aliphatic rings. The van der Waals surface area contributed by atoms with Crippen molar-refractivity contribution in [3.05, 3.63) is 35.4 Å². The second-order valence-electron chi connectivity index (χ2n) is 3.67. The van der Waals surface area contributed by atoms with E-state index in [2.05, 4.69) is 12.1 Å². The molecular weight excluding hydrogens is 160 g/mol. The topological polar surface area (TPSA) is 17.1 Å². The number of Topliss-reactive ketones (excluding diaryl/α,β-unsaturated/α-hetero) is 1. The van der Waals surface area contributed by atoms with E-state index in [1.54, 1.807) is 0 Å². The van der Waals surface area contributed by atoms with Crippen molar-refractivity contribution in [3.8, 4) is 0 Å². The lowest BCUT2D eigenvalue weighted by Gasteiger charge is -2.00. The van der Waals surface area contributed by atoms with E-state index in [9.17, 15) is 4.79 Å². The Kier molecular flexibility index (Phi) is 2.17. The van der Waals surface area contributed by atoms with E-state index in [1.807, 2.05) is 19.1 Å². The van der Waals surface area contributed by atoms with Crippen LogP contribution in [0.5, 0.6) is 0 Å². The van der Waals surface area contributed by atoms with Crippen LogP contribution in [-0.4, -0.2) is 5.78 Å². The number of carbonyl (C=O) groups excluding carboxylic acids is 1. The quantitative estimate of drug-likeness (QED) is 0.643. The van der Waals surface area contributed by atoms with Crippen LogP contribution < -0.4 is 0 Å². The number of benzene rings is 1. The smallest absolute Gasteiger partial charge is 0.162 e. The molecular formula is C12H14O. The summed E-state index contributed by atoms with van der Waals surface area (Å²) in [6, 6.07) is 8.11. The molecule has 0 heterocycles. The van der Waals surface area contributed by atoms with Crippen molar-refractivity contribution in [2.75, 3.05) is 0 Å². The van der Waals surface area contributed by atoms with Crippen molar-refractivity contribution in [1.82, 2.24) is 0 Å². The summed E-state index contributed by atoms with van der Waals surface area (Å²) < 4.78 is 0. The molecule has 1 fully saturated rings. The lowest BCUT2D eigenvalue weighted by Crippen LogP contribution is -1.95. The van der Waals surface area contributed by atoms with Crippen LogP contribution in [0.4, 0.5) is 0 Å². The number of ketones is 1. The third kappa shape index (κ3) is 1.80. The van der Waals surface area contributed by atoms with Gasteiger partial charge in [0, 0.05) is 12.0 Å². The molecule has 0 N–H and O–H groups in total. The second-order valence-corrected chi connectivity index (χ2v) is 3.67. The van der Waals surface area contributed by atoms with Crippen LogP contribution in [0, 0.1) is 0 Å². The van der Waals surface area contributed by atoms with Crippen LogP contribution in [0.2, 0.25) is 0 Å². The zero-order valence-corrected chi connectivity index (χ0v) is 7.92. The first-order valence-electron chi connectivity index (χ1n) is 4.94. The van der Waals surface area contributed by atoms with Crippen LogP contribution in [0.3, 0.4) is 0 Å². The van der Waals surface area contributed by atoms with Gasteiger partial charge < -0.3 is 0 Å². The van der Waals surface area contributed by atoms with E-state index < -0.39 is 0 Å². The highest BCUT2D eigenvalue weighted by Gasteiger charge is 2.23. The zero-order valence-electron chi connectivity index (χ0n) is 7.92. The monoisotopic (exact) mass is 174 g/mol. The summed E-state index contributed by atoms with van der Waals surface area (Å²) in [5.74, 6) is 1.02. The summed E-state index contributed by atoms with van der Waals surface area (Å²) in [7, 11) is 0. The summed E-state index contributed by atoms with van der Waals surface area (Å²) in [5.41, 5.74) is 2.25. The first-order chi connectivity index (χ1) is 6.31. The van der Waals surface area contributed by atoms with E-state index >= 15 is 0 Å². The number of rotatable bonds is 3. The van der Waals surface area contributed by atoms with Gasteiger partial charge in [0.15, 0.2) is 5.78 Å². The maximum Gasteiger partial charge on any atom is 0.162 e. The minimum Gasteiger partial charge on any atom is -0.294 e. The van der Waals surface area contributed by atoms with E-state index in [1.165, 1.54) is 18.4 Å². The van der Waals surface area contributed by atoms with E-state index in [4.69, 9.17) is 0 Å². The van der Waals surface area contributed by atoms with Gasteiger partial charge in [-0.1, -0.05) is 31.2 Å². The first-order valence-corrected chi connectivity index (χ1v) is 4.94. The molecule has 2 rings (SSSR count). The Labute approximate surface area is 78.8 Å². The van der Waals surface area contributed by atoms with E-state index in [0.29, 0.717) is 6.42 Å². The Hall–Kier alpha value is -1.11. The Morgan fingerprint density at radius 2 is 1.92 bits per heavy atom. The minimum absolute atomic E-state index is 0.238. The summed E-state index contributed by atoms with van der Waals surface area (Å²) >= 11 is 0. The molecule has 0 radical (unpaired) electrons. The molecule has 0 unspecified atom stereocenters. The molecule has 1 aromatic carbocycles. The summed E-state index contributed by atoms with van der Waals surface area (Å²) in [4.78, 5) is 11.3. The zero-order chi connectivity index (χ0) is 9.26. The summed E-state index contributed by atoms with van der Waals surface area (Å²) in [6.07, 6.45) is 3.24. The lowest BCUT2D eigenvalue weighted by molar-refractivity contribution is 0.0988. The Bertz CT molecular complexity index is 306. The average molecular weight is 174 g/mol. The van der Waals surface area contributed by atoms with Gasteiger partial charge in [-0.25, -0.2) is 0 Å². The molecule has 68 valence electrons. The normalized spacial score (nSPS) is 15.8. The van der Waals surface area contributed by atoms with E-state index in [0.717, 1.165) is 11.5 Å². The van der Waals surface area contributed by atoms with Gasteiger partial charge in [0.25, 0.3) is 0 Å². The van der Waals surface area contributed by atoms with Gasteiger partial charge in [0.1, 0.15) is 0 Å². The fourth-order valence-corrected chi connectivity index (χ4v) is 1.56. The predicted octanol–water partition coefficient (Wildman–Crippen LogP) is 3.16. The molecule has 0 saturated heterocycles. The molecule has 0 spiro atoms. The largest absolute Gasteiger partial charge is 0.294 e. The molecule has 0 atom stereocenters. The maximum atomic E-state index is 11.3. The average Bonchev–Trinajstić information content (AvgIpc) is 3.00. The van der Waals surface area contributed by atoms with Crippen molar-refractivity contribution in [2.45, 2.75) is 32.1 Å². The maximum absolute atomic E-state index is 11.3. The predicted molar refractivity (Wildman–Crippen MR) is 53.0 cm³/mol. The summed E-state index contributed by atoms with van der Waals surface area (Å²) in [5, 5.41) is 0. The van der Waals surface area contributed by atoms with Crippen molar-refractivity contribution < 1.29 is 4.79 Å². The minimum atomic E-state index is 0.238. The van der Waals surface area contributed by atoms with Crippen LogP contribution >= 0.6 is 0 Å². The molecule has 1 aliphatic carbocycles. The van der Waals surface area contributed by atoms with Crippen molar-refractivity contribution in [2.24, 2.45) is 0 Å². The van der Waals surface area contributed by atoms with Gasteiger partial charge >= 0.3 is 0 Å². The van der Waals surface area contributed by atoms with Gasteiger partial charge in [-0.15, -0.1) is 0 Å². The van der Waals surface area contributed by atoms with Gasteiger partial charge in [0.2, 0.25) is 0 Å². The highest BCUT2D eigenvalue weighted by atomic mass is 16.1. The molecule has 1 heteroatoms. The van der Waals surface area contributed by atoms with Gasteiger partial charge in [-0.2, -0.15) is 0 Å². The first kappa shape index (κ1) is 8.49. The third-order valence-electron chi connectivity index (χ3n) is 2.60.